The van der Waals surface area contributed by atoms with Gasteiger partial charge in [0.1, 0.15) is 30.8 Å². The normalized spacial score (nSPS) is 24.5. The largest absolute Gasteiger partial charge is 0.492 e. The summed E-state index contributed by atoms with van der Waals surface area (Å²) >= 11 is 0. The molecule has 2 heterocycles. The Hall–Kier alpha value is -4.93. The van der Waals surface area contributed by atoms with E-state index < -0.39 is 54.2 Å². The lowest BCUT2D eigenvalue weighted by atomic mass is 9.43. The Labute approximate surface area is 440 Å². The molecule has 402 valence electrons. The minimum atomic E-state index is -1.18. The predicted molar refractivity (Wildman–Crippen MR) is 290 cm³/mol. The zero-order valence-electron chi connectivity index (χ0n) is 45.1. The predicted octanol–water partition coefficient (Wildman–Crippen LogP) is 8.38. The summed E-state index contributed by atoms with van der Waals surface area (Å²) in [7, 11) is 1.03. The number of nitrogens with one attached hydrogen (secondary N) is 1. The monoisotopic (exact) mass is 1020 g/mol. The van der Waals surface area contributed by atoms with Crippen LogP contribution in [0.5, 0.6) is 11.5 Å². The summed E-state index contributed by atoms with van der Waals surface area (Å²) in [6, 6.07) is 16.5. The number of ketones is 3. The summed E-state index contributed by atoms with van der Waals surface area (Å²) in [6.07, 6.45) is 11.3. The van der Waals surface area contributed by atoms with Crippen LogP contribution in [0, 0.1) is 29.1 Å². The molecule has 0 radical (unpaired) electrons. The second kappa shape index (κ2) is 25.7. The number of fused-ring (bicyclic) bond motifs is 5. The number of hydrogen-bond acceptors (Lipinski definition) is 12. The molecule has 0 aromatic heterocycles. The number of Topliss-reactive ketones (excluding diaryl/α,β-unsaturated/α-hetero) is 3. The molecule has 5 aliphatic rings. The first kappa shape index (κ1) is 56.8. The van der Waals surface area contributed by atoms with E-state index in [0.717, 1.165) is 31.2 Å². The topological polar surface area (TPSA) is 216 Å². The van der Waals surface area contributed by atoms with Crippen molar-refractivity contribution < 1.29 is 42.8 Å². The number of ether oxygens (including phenoxy) is 2. The first-order valence-electron chi connectivity index (χ1n) is 27.7. The molecule has 14 nitrogen and oxygen atoms in total. The second-order valence-corrected chi connectivity index (χ2v) is 22.4. The van der Waals surface area contributed by atoms with Crippen molar-refractivity contribution in [3.8, 4) is 22.6 Å². The number of benzene rings is 3. The van der Waals surface area contributed by atoms with E-state index in [-0.39, 0.29) is 75.1 Å². The van der Waals surface area contributed by atoms with Crippen LogP contribution in [0.3, 0.4) is 0 Å². The maximum atomic E-state index is 15.0. The van der Waals surface area contributed by atoms with Crippen LogP contribution in [0.2, 0.25) is 6.32 Å². The molecule has 8 rings (SSSR count). The van der Waals surface area contributed by atoms with E-state index in [1.165, 1.54) is 42.6 Å². The number of rotatable bonds is 25. The SMILES string of the molecule is CCCCCCCCc1ccc(C(=O)C[C@@H](CCCN)C(=O)N(C)[C@@H]2C(=O)C[C@@H](C)C(=O)N[C@H](C(=O)CCB3O[C@@H]4C[C@@H]5C[C@@H](C5(C)C)[C@]4(C)O3)Cc3ccc(OCCN)c(c3)-c3cc2ccc3OCCN)cc1. The Bertz CT molecular complexity index is 2430. The zero-order chi connectivity index (χ0) is 53.2. The summed E-state index contributed by atoms with van der Waals surface area (Å²) < 4.78 is 25.6. The molecule has 3 aliphatic carbocycles. The van der Waals surface area contributed by atoms with Crippen LogP contribution in [0.25, 0.3) is 11.1 Å². The van der Waals surface area contributed by atoms with Crippen molar-refractivity contribution in [2.45, 2.75) is 161 Å². The number of carbonyl (C=O) groups excluding carboxylic acids is 5. The van der Waals surface area contributed by atoms with E-state index in [1.54, 1.807) is 26.1 Å². The van der Waals surface area contributed by atoms with Crippen molar-refractivity contribution >= 4 is 36.3 Å². The average molecular weight is 1020 g/mol. The Morgan fingerprint density at radius 2 is 1.51 bits per heavy atom. The molecule has 1 saturated heterocycles. The number of aryl methyl sites for hydroxylation is 1. The first-order valence-corrected chi connectivity index (χ1v) is 27.7. The zero-order valence-corrected chi connectivity index (χ0v) is 45.1. The number of nitrogens with two attached hydrogens (primary N) is 3. The van der Waals surface area contributed by atoms with Crippen molar-refractivity contribution in [3.05, 3.63) is 82.9 Å². The van der Waals surface area contributed by atoms with E-state index in [4.69, 9.17) is 36.0 Å². The van der Waals surface area contributed by atoms with Gasteiger partial charge in [-0.2, -0.15) is 0 Å². The van der Waals surface area contributed by atoms with Gasteiger partial charge in [-0.15, -0.1) is 0 Å². The Balaban J connectivity index is 1.17. The van der Waals surface area contributed by atoms with Gasteiger partial charge in [0, 0.05) is 67.9 Å². The number of carbonyl (C=O) groups is 5. The van der Waals surface area contributed by atoms with Crippen LogP contribution in [-0.2, 0) is 41.3 Å². The summed E-state index contributed by atoms with van der Waals surface area (Å²) in [5, 5.41) is 3.03. The van der Waals surface area contributed by atoms with Crippen molar-refractivity contribution in [3.63, 3.8) is 0 Å². The molecular formula is C59H84BN5O9. The molecule has 2 amide bonds. The summed E-state index contributed by atoms with van der Waals surface area (Å²) in [4.78, 5) is 74.2. The van der Waals surface area contributed by atoms with E-state index in [0.29, 0.717) is 71.3 Å². The Morgan fingerprint density at radius 1 is 0.838 bits per heavy atom. The highest BCUT2D eigenvalue weighted by Gasteiger charge is 2.67. The van der Waals surface area contributed by atoms with Gasteiger partial charge in [-0.3, -0.25) is 24.0 Å². The van der Waals surface area contributed by atoms with Crippen LogP contribution in [0.4, 0.5) is 0 Å². The van der Waals surface area contributed by atoms with Crippen LogP contribution in [-0.4, -0.2) is 98.8 Å². The molecule has 4 fully saturated rings. The molecule has 0 spiro atoms. The van der Waals surface area contributed by atoms with Crippen LogP contribution < -0.4 is 32.0 Å². The quantitative estimate of drug-likeness (QED) is 0.0358. The lowest BCUT2D eigenvalue weighted by molar-refractivity contribution is -0.199. The number of likely N-dealkylation sites (N-methyl/N-ethyl adjacent to an activating group) is 1. The van der Waals surface area contributed by atoms with E-state index in [1.807, 2.05) is 48.5 Å². The highest BCUT2D eigenvalue weighted by Crippen LogP contribution is 2.66. The van der Waals surface area contributed by atoms with Gasteiger partial charge in [0.25, 0.3) is 0 Å². The van der Waals surface area contributed by atoms with Gasteiger partial charge in [-0.05, 0) is 123 Å². The minimum absolute atomic E-state index is 0.0257. The van der Waals surface area contributed by atoms with Crippen molar-refractivity contribution in [2.75, 3.05) is 39.9 Å². The molecular weight excluding hydrogens is 933 g/mol. The fourth-order valence-corrected chi connectivity index (χ4v) is 12.3. The van der Waals surface area contributed by atoms with Gasteiger partial charge in [0.05, 0.1) is 17.7 Å². The van der Waals surface area contributed by atoms with Gasteiger partial charge in [0.2, 0.25) is 11.8 Å². The van der Waals surface area contributed by atoms with Gasteiger partial charge in [-0.1, -0.05) is 96.2 Å². The first-order chi connectivity index (χ1) is 35.5. The maximum Gasteiger partial charge on any atom is 0.458 e. The van der Waals surface area contributed by atoms with E-state index >= 15 is 4.79 Å². The lowest BCUT2D eigenvalue weighted by Gasteiger charge is -2.64. The molecule has 0 unspecified atom stereocenters. The van der Waals surface area contributed by atoms with E-state index in [2.05, 4.69) is 33.0 Å². The summed E-state index contributed by atoms with van der Waals surface area (Å²) in [5.74, 6) is -1.35. The van der Waals surface area contributed by atoms with Crippen LogP contribution in [0.1, 0.15) is 151 Å². The molecule has 6 bridgehead atoms. The molecule has 3 aromatic rings. The third-order valence-electron chi connectivity index (χ3n) is 16.8. The standard InChI is InChI=1S/C59H84BN5O9/c1-7-8-9-10-11-12-14-39-16-19-41(20-17-39)49(67)35-43(15-13-26-61)57(70)65(6)55-42-21-23-52(72-30-28-63)46(34-42)45-32-40(18-22-51(45)71-29-27-62)33-47(64-56(69)38(2)31-50(55)68)48(66)24-25-60-73-54-37-44-36-53(58(44,3)4)59(54,5)74-60/h16-23,32,34,38,43-44,47,53-55H,7-15,24-31,33,35-37,61-63H2,1-6H3,(H,64,69)/t38-,43-,44+,47+,53+,54-,55+,59+/m1/s1. The Morgan fingerprint density at radius 3 is 2.19 bits per heavy atom. The molecule has 3 aromatic carbocycles. The molecule has 74 heavy (non-hydrogen) atoms. The fraction of sp³-hybridized carbons (Fsp3) is 0.610. The molecule has 7 N–H and O–H groups in total. The molecule has 15 heteroatoms. The van der Waals surface area contributed by atoms with Gasteiger partial charge in [-0.25, -0.2) is 0 Å². The lowest BCUT2D eigenvalue weighted by Crippen LogP contribution is -2.65. The fourth-order valence-electron chi connectivity index (χ4n) is 12.3. The number of hydrogen-bond donors (Lipinski definition) is 4. The minimum Gasteiger partial charge on any atom is -0.492 e. The third kappa shape index (κ3) is 13.2. The molecule has 2 aliphatic heterocycles. The van der Waals surface area contributed by atoms with Gasteiger partial charge >= 0.3 is 7.12 Å². The highest BCUT2D eigenvalue weighted by molar-refractivity contribution is 6.45. The van der Waals surface area contributed by atoms with Gasteiger partial charge < -0.3 is 46.2 Å². The van der Waals surface area contributed by atoms with Crippen LogP contribution in [0.15, 0.2) is 60.7 Å². The van der Waals surface area contributed by atoms with Crippen LogP contribution >= 0.6 is 0 Å². The highest BCUT2D eigenvalue weighted by atomic mass is 16.7. The third-order valence-corrected chi connectivity index (χ3v) is 16.8. The van der Waals surface area contributed by atoms with E-state index in [9.17, 15) is 19.2 Å². The van der Waals surface area contributed by atoms with Gasteiger partial charge in [0.15, 0.2) is 17.3 Å². The second-order valence-electron chi connectivity index (χ2n) is 22.4. The number of nitrogens with zero attached hydrogens (tertiary/aromatic N) is 1. The summed E-state index contributed by atoms with van der Waals surface area (Å²) in [5.41, 5.74) is 21.7. The molecule has 3 saturated carbocycles. The van der Waals surface area contributed by atoms with Crippen molar-refractivity contribution in [1.29, 1.82) is 0 Å². The van der Waals surface area contributed by atoms with Crippen molar-refractivity contribution in [1.82, 2.24) is 10.2 Å². The maximum absolute atomic E-state index is 15.0. The number of amides is 2. The Kier molecular flexibility index (Phi) is 19.8. The smallest absolute Gasteiger partial charge is 0.458 e. The number of unbranched alkanes of at least 4 members (excludes halogenated alkanes) is 5. The average Bonchev–Trinajstić information content (AvgIpc) is 3.76. The summed E-state index contributed by atoms with van der Waals surface area (Å²) in [6.45, 7) is 11.8. The molecule has 8 atom stereocenters. The van der Waals surface area contributed by atoms with Crippen molar-refractivity contribution in [2.24, 2.45) is 46.3 Å².